The predicted molar refractivity (Wildman–Crippen MR) is 158 cm³/mol. The van der Waals surface area contributed by atoms with Crippen LogP contribution in [0.4, 0.5) is 5.69 Å². The number of benzene rings is 2. The Morgan fingerprint density at radius 3 is 1.81 bits per heavy atom. The van der Waals surface area contributed by atoms with Crippen molar-refractivity contribution in [3.05, 3.63) is 121 Å². The zero-order chi connectivity index (χ0) is 24.2. The maximum absolute atomic E-state index is 5.58. The summed E-state index contributed by atoms with van der Waals surface area (Å²) in [6.45, 7) is 13.6. The number of hydrogen-bond donors (Lipinski definition) is 0. The van der Waals surface area contributed by atoms with Crippen molar-refractivity contribution in [2.75, 3.05) is 0 Å². The van der Waals surface area contributed by atoms with Crippen molar-refractivity contribution in [3.63, 3.8) is 0 Å². The number of pyridine rings is 1. The van der Waals surface area contributed by atoms with Gasteiger partial charge in [0.15, 0.2) is 0 Å². The largest absolute Gasteiger partial charge is 3.00 e. The Labute approximate surface area is 247 Å². The monoisotopic (exact) mass is 572 g/mol. The van der Waals surface area contributed by atoms with Crippen LogP contribution in [0, 0.1) is 21.3 Å². The minimum Gasteiger partial charge on any atom is -0.673 e. The summed E-state index contributed by atoms with van der Waals surface area (Å²) in [5.74, 6) is 1.71. The number of aromatic nitrogens is 1. The van der Waals surface area contributed by atoms with E-state index in [-0.39, 0.29) is 47.1 Å². The van der Waals surface area contributed by atoms with Gasteiger partial charge in [0, 0.05) is 11.4 Å². The Balaban J connectivity index is 0.00000228. The molecule has 1 aliphatic carbocycles. The zero-order valence-corrected chi connectivity index (χ0v) is 26.7. The topological polar surface area (TPSA) is 27.0 Å². The van der Waals surface area contributed by atoms with Crippen molar-refractivity contribution in [2.24, 2.45) is 0 Å². The van der Waals surface area contributed by atoms with E-state index >= 15 is 0 Å². The van der Waals surface area contributed by atoms with E-state index in [0.717, 1.165) is 11.4 Å². The third-order valence-electron chi connectivity index (χ3n) is 7.14. The summed E-state index contributed by atoms with van der Waals surface area (Å²) in [6, 6.07) is 21.9. The van der Waals surface area contributed by atoms with Crippen LogP contribution in [0.2, 0.25) is 0 Å². The second kappa shape index (κ2) is 15.0. The molecule has 2 nitrogen and oxygen atoms in total. The molecule has 0 N–H and O–H groups in total. The summed E-state index contributed by atoms with van der Waals surface area (Å²) in [6.07, 6.45) is 6.10. The van der Waals surface area contributed by atoms with E-state index in [1.54, 1.807) is 0 Å². The quantitative estimate of drug-likeness (QED) is 0.246. The van der Waals surface area contributed by atoms with Gasteiger partial charge < -0.3 is 26.6 Å². The van der Waals surface area contributed by atoms with Crippen LogP contribution in [-0.2, 0) is 26.2 Å². The van der Waals surface area contributed by atoms with Gasteiger partial charge in [0.1, 0.15) is 0 Å². The van der Waals surface area contributed by atoms with Gasteiger partial charge in [0.05, 0.1) is 0 Å². The maximum Gasteiger partial charge on any atom is 3.00 e. The van der Waals surface area contributed by atoms with Crippen molar-refractivity contribution >= 4 is 5.69 Å². The van der Waals surface area contributed by atoms with E-state index in [1.165, 1.54) is 47.2 Å². The molecule has 0 amide bonds. The second-order valence-electron chi connectivity index (χ2n) is 10.7. The van der Waals surface area contributed by atoms with Crippen molar-refractivity contribution in [3.8, 4) is 0 Å². The molecule has 3 aromatic rings. The molecular weight excluding hydrogens is 528 g/mol. The molecule has 0 spiro atoms. The smallest absolute Gasteiger partial charge is 0.673 e. The van der Waals surface area contributed by atoms with Crippen molar-refractivity contribution in [1.29, 1.82) is 0 Å². The molecule has 197 valence electrons. The third-order valence-corrected chi connectivity index (χ3v) is 7.14. The van der Waals surface area contributed by atoms with Crippen LogP contribution in [0.3, 0.4) is 0 Å². The summed E-state index contributed by atoms with van der Waals surface area (Å²) in [5, 5.41) is 5.58. The van der Waals surface area contributed by atoms with Gasteiger partial charge in [0.2, 0.25) is 0 Å². The molecule has 0 saturated heterocycles. The molecule has 4 rings (SSSR count). The molecule has 1 aliphatic rings. The van der Waals surface area contributed by atoms with Crippen molar-refractivity contribution in [1.82, 2.24) is 4.98 Å². The number of para-hydroxylation sites is 1. The molecule has 1 heterocycles. The van der Waals surface area contributed by atoms with Crippen LogP contribution in [0.15, 0.2) is 60.7 Å². The molecule has 1 saturated carbocycles. The Hall–Kier alpha value is -1.73. The summed E-state index contributed by atoms with van der Waals surface area (Å²) in [5.41, 5.74) is 8.65. The van der Waals surface area contributed by atoms with Gasteiger partial charge in [-0.25, -0.2) is 0 Å². The molecule has 2 aromatic carbocycles. The minimum atomic E-state index is -0.127. The molecule has 1 aromatic heterocycles. The maximum atomic E-state index is 5.58. The first-order chi connectivity index (χ1) is 16.4. The Morgan fingerprint density at radius 2 is 1.27 bits per heavy atom. The predicted octanol–water partition coefficient (Wildman–Crippen LogP) is 10.6. The van der Waals surface area contributed by atoms with E-state index in [9.17, 15) is 0 Å². The van der Waals surface area contributed by atoms with E-state index in [4.69, 9.17) is 10.3 Å². The number of hydrogen-bond acceptors (Lipinski definition) is 1. The fourth-order valence-electron chi connectivity index (χ4n) is 5.24. The number of nitrogens with zero attached hydrogens (tertiary/aromatic N) is 2. The minimum absolute atomic E-state index is 0. The average molecular weight is 574 g/mol. The second-order valence-corrected chi connectivity index (χ2v) is 10.7. The van der Waals surface area contributed by atoms with Crippen LogP contribution in [0.5, 0.6) is 0 Å². The van der Waals surface area contributed by atoms with Crippen molar-refractivity contribution < 1.29 is 26.2 Å². The SMILES string of the molecule is CC(C)c1ccccc1C([N-]c1c(C(C)C)cccc1C(C)C)c1cccc(C2[CH-]CCC2)n1.[CH3-].[CH3-].[Zr+3]. The van der Waals surface area contributed by atoms with Gasteiger partial charge in [-0.15, -0.1) is 11.6 Å². The number of rotatable bonds is 8. The van der Waals surface area contributed by atoms with Crippen LogP contribution < -0.4 is 0 Å². The standard InChI is InChI=1S/C32H40N2.2CH3.Zr/c1-21(2)25-15-9-10-16-28(25)32(30-20-12-19-29(33-30)24-13-7-8-14-24)34-31-26(22(3)4)17-11-18-27(31)23(5)6;;;/h9-13,15-24,32H,7-8,14H2,1-6H3;2*1H3;/q-2;2*-1;+3. The van der Waals surface area contributed by atoms with E-state index in [0.29, 0.717) is 23.7 Å². The Bertz CT molecular complexity index is 1070. The summed E-state index contributed by atoms with van der Waals surface area (Å²) >= 11 is 0. The zero-order valence-electron chi connectivity index (χ0n) is 24.3. The molecule has 2 unspecified atom stereocenters. The van der Waals surface area contributed by atoms with Crippen LogP contribution in [-0.4, -0.2) is 4.98 Å². The molecule has 3 heteroatoms. The van der Waals surface area contributed by atoms with Gasteiger partial charge >= 0.3 is 26.2 Å². The van der Waals surface area contributed by atoms with Gasteiger partial charge in [0.25, 0.3) is 0 Å². The molecular formula is C34H46N2Zr-. The third kappa shape index (κ3) is 7.66. The molecule has 37 heavy (non-hydrogen) atoms. The first-order valence-corrected chi connectivity index (χ1v) is 13.1. The fourth-order valence-corrected chi connectivity index (χ4v) is 5.24. The Morgan fingerprint density at radius 1 is 0.730 bits per heavy atom. The summed E-state index contributed by atoms with van der Waals surface area (Å²) in [4.78, 5) is 5.25. The summed E-state index contributed by atoms with van der Waals surface area (Å²) < 4.78 is 0. The van der Waals surface area contributed by atoms with Gasteiger partial charge in [-0.1, -0.05) is 120 Å². The first-order valence-electron chi connectivity index (χ1n) is 13.1. The normalized spacial score (nSPS) is 15.6. The van der Waals surface area contributed by atoms with E-state index in [2.05, 4.69) is 109 Å². The van der Waals surface area contributed by atoms with Crippen LogP contribution in [0.1, 0.15) is 124 Å². The van der Waals surface area contributed by atoms with Crippen molar-refractivity contribution in [2.45, 2.75) is 90.5 Å². The summed E-state index contributed by atoms with van der Waals surface area (Å²) in [7, 11) is 0. The van der Waals surface area contributed by atoms with E-state index < -0.39 is 0 Å². The molecule has 1 radical (unpaired) electrons. The van der Waals surface area contributed by atoms with Gasteiger partial charge in [-0.05, 0) is 41.5 Å². The van der Waals surface area contributed by atoms with Gasteiger partial charge in [-0.3, -0.25) is 4.98 Å². The van der Waals surface area contributed by atoms with Crippen LogP contribution >= 0.6 is 0 Å². The molecule has 1 fully saturated rings. The molecule has 0 bridgehead atoms. The first kappa shape index (κ1) is 33.3. The van der Waals surface area contributed by atoms with Gasteiger partial charge in [-0.2, -0.15) is 6.42 Å². The fraction of sp³-hybridized carbons (Fsp3) is 0.412. The molecule has 0 aliphatic heterocycles. The van der Waals surface area contributed by atoms with Crippen LogP contribution in [0.25, 0.3) is 5.32 Å². The van der Waals surface area contributed by atoms with E-state index in [1.807, 2.05) is 0 Å². The average Bonchev–Trinajstić information content (AvgIpc) is 3.37. The Kier molecular flexibility index (Phi) is 13.5. The molecule has 2 atom stereocenters.